The zero-order valence-electron chi connectivity index (χ0n) is 6.75. The SMILES string of the molecule is CCC(O)(CN)c1nc(Br)cs1. The Bertz CT molecular complexity index is 260. The number of aromatic nitrogens is 1. The summed E-state index contributed by atoms with van der Waals surface area (Å²) in [6, 6.07) is 0. The van der Waals surface area contributed by atoms with E-state index in [1.165, 1.54) is 11.3 Å². The third-order valence-corrected chi connectivity index (χ3v) is 3.54. The lowest BCUT2D eigenvalue weighted by Gasteiger charge is -2.21. The zero-order valence-corrected chi connectivity index (χ0v) is 9.15. The van der Waals surface area contributed by atoms with E-state index in [0.29, 0.717) is 11.4 Å². The van der Waals surface area contributed by atoms with Crippen molar-refractivity contribution in [2.45, 2.75) is 18.9 Å². The van der Waals surface area contributed by atoms with Crippen molar-refractivity contribution >= 4 is 27.3 Å². The Balaban J connectivity index is 2.94. The Morgan fingerprint density at radius 1 is 1.83 bits per heavy atom. The summed E-state index contributed by atoms with van der Waals surface area (Å²) < 4.78 is 0.753. The highest BCUT2D eigenvalue weighted by atomic mass is 79.9. The summed E-state index contributed by atoms with van der Waals surface area (Å²) in [5.74, 6) is 0. The highest BCUT2D eigenvalue weighted by molar-refractivity contribution is 9.10. The molecule has 1 atom stereocenters. The number of hydrogen-bond donors (Lipinski definition) is 2. The van der Waals surface area contributed by atoms with Crippen molar-refractivity contribution in [3.8, 4) is 0 Å². The fourth-order valence-corrected chi connectivity index (χ4v) is 2.29. The molecule has 3 nitrogen and oxygen atoms in total. The smallest absolute Gasteiger partial charge is 0.128 e. The van der Waals surface area contributed by atoms with Gasteiger partial charge < -0.3 is 10.8 Å². The minimum atomic E-state index is -0.948. The van der Waals surface area contributed by atoms with Crippen LogP contribution in [-0.2, 0) is 5.60 Å². The standard InChI is InChI=1S/C7H11BrN2OS/c1-2-7(11,4-9)6-10-5(8)3-12-6/h3,11H,2,4,9H2,1H3. The Hall–Kier alpha value is 0.0300. The molecule has 0 radical (unpaired) electrons. The second-order valence-electron chi connectivity index (χ2n) is 2.56. The maximum atomic E-state index is 9.92. The van der Waals surface area contributed by atoms with Gasteiger partial charge in [-0.1, -0.05) is 6.92 Å². The van der Waals surface area contributed by atoms with E-state index in [2.05, 4.69) is 20.9 Å². The Labute approximate surface area is 83.8 Å². The maximum absolute atomic E-state index is 9.92. The van der Waals surface area contributed by atoms with Crippen molar-refractivity contribution in [2.75, 3.05) is 6.54 Å². The number of nitrogens with zero attached hydrogens (tertiary/aromatic N) is 1. The molecule has 0 saturated heterocycles. The van der Waals surface area contributed by atoms with Crippen LogP contribution in [0, 0.1) is 0 Å². The number of nitrogens with two attached hydrogens (primary N) is 1. The number of hydrogen-bond acceptors (Lipinski definition) is 4. The van der Waals surface area contributed by atoms with Gasteiger partial charge in [-0.15, -0.1) is 11.3 Å². The summed E-state index contributed by atoms with van der Waals surface area (Å²) in [6.45, 7) is 2.10. The van der Waals surface area contributed by atoms with Gasteiger partial charge in [0.05, 0.1) is 0 Å². The first-order valence-electron chi connectivity index (χ1n) is 3.66. The summed E-state index contributed by atoms with van der Waals surface area (Å²) in [4.78, 5) is 4.13. The van der Waals surface area contributed by atoms with E-state index < -0.39 is 5.60 Å². The first-order chi connectivity index (χ1) is 5.62. The second kappa shape index (κ2) is 3.83. The van der Waals surface area contributed by atoms with Crippen LogP contribution in [0.15, 0.2) is 9.98 Å². The normalized spacial score (nSPS) is 16.0. The van der Waals surface area contributed by atoms with Gasteiger partial charge >= 0.3 is 0 Å². The van der Waals surface area contributed by atoms with Gasteiger partial charge in [0.15, 0.2) is 0 Å². The molecule has 1 rings (SSSR count). The van der Waals surface area contributed by atoms with Gasteiger partial charge in [0.2, 0.25) is 0 Å². The third-order valence-electron chi connectivity index (χ3n) is 1.80. The number of halogens is 1. The predicted molar refractivity (Wildman–Crippen MR) is 53.1 cm³/mol. The van der Waals surface area contributed by atoms with Crippen LogP contribution < -0.4 is 5.73 Å². The van der Waals surface area contributed by atoms with Crippen LogP contribution in [0.2, 0.25) is 0 Å². The molecule has 1 aromatic rings. The Morgan fingerprint density at radius 3 is 2.83 bits per heavy atom. The van der Waals surface area contributed by atoms with Crippen LogP contribution >= 0.6 is 27.3 Å². The van der Waals surface area contributed by atoms with Crippen LogP contribution in [0.5, 0.6) is 0 Å². The zero-order chi connectivity index (χ0) is 9.19. The highest BCUT2D eigenvalue weighted by Crippen LogP contribution is 2.28. The fourth-order valence-electron chi connectivity index (χ4n) is 0.851. The van der Waals surface area contributed by atoms with E-state index in [1.54, 1.807) is 0 Å². The van der Waals surface area contributed by atoms with Gasteiger partial charge in [-0.25, -0.2) is 4.98 Å². The first-order valence-corrected chi connectivity index (χ1v) is 5.33. The molecule has 0 bridgehead atoms. The van der Waals surface area contributed by atoms with E-state index in [0.717, 1.165) is 4.60 Å². The van der Waals surface area contributed by atoms with E-state index >= 15 is 0 Å². The van der Waals surface area contributed by atoms with Gasteiger partial charge in [0.25, 0.3) is 0 Å². The lowest BCUT2D eigenvalue weighted by Crippen LogP contribution is -2.33. The van der Waals surface area contributed by atoms with Crippen molar-refractivity contribution in [1.29, 1.82) is 0 Å². The molecular formula is C7H11BrN2OS. The lowest BCUT2D eigenvalue weighted by atomic mass is 10.0. The fraction of sp³-hybridized carbons (Fsp3) is 0.571. The van der Waals surface area contributed by atoms with Crippen LogP contribution in [0.4, 0.5) is 0 Å². The molecular weight excluding hydrogens is 240 g/mol. The third kappa shape index (κ3) is 1.85. The number of thiazole rings is 1. The molecule has 1 heterocycles. The summed E-state index contributed by atoms with van der Waals surface area (Å²) in [7, 11) is 0. The Kier molecular flexibility index (Phi) is 3.22. The Morgan fingerprint density at radius 2 is 2.50 bits per heavy atom. The van der Waals surface area contributed by atoms with Crippen molar-refractivity contribution in [1.82, 2.24) is 4.98 Å². The molecule has 0 aromatic carbocycles. The quantitative estimate of drug-likeness (QED) is 0.855. The van der Waals surface area contributed by atoms with Crippen LogP contribution in [0.1, 0.15) is 18.4 Å². The minimum absolute atomic E-state index is 0.212. The van der Waals surface area contributed by atoms with Crippen molar-refractivity contribution in [3.05, 3.63) is 15.0 Å². The highest BCUT2D eigenvalue weighted by Gasteiger charge is 2.28. The molecule has 0 fully saturated rings. The van der Waals surface area contributed by atoms with Gasteiger partial charge in [0.1, 0.15) is 15.2 Å². The summed E-state index contributed by atoms with van der Waals surface area (Å²) in [5, 5.41) is 12.4. The van der Waals surface area contributed by atoms with E-state index in [4.69, 9.17) is 5.73 Å². The summed E-state index contributed by atoms with van der Waals surface area (Å²) >= 11 is 4.65. The number of aliphatic hydroxyl groups is 1. The van der Waals surface area contributed by atoms with Gasteiger partial charge in [0, 0.05) is 11.9 Å². The second-order valence-corrected chi connectivity index (χ2v) is 4.24. The molecule has 0 aliphatic heterocycles. The van der Waals surface area contributed by atoms with Crippen LogP contribution in [0.25, 0.3) is 0 Å². The molecule has 12 heavy (non-hydrogen) atoms. The molecule has 5 heteroatoms. The average molecular weight is 251 g/mol. The van der Waals surface area contributed by atoms with Gasteiger partial charge in [-0.2, -0.15) is 0 Å². The van der Waals surface area contributed by atoms with Crippen LogP contribution in [0.3, 0.4) is 0 Å². The topological polar surface area (TPSA) is 59.1 Å². The monoisotopic (exact) mass is 250 g/mol. The lowest BCUT2D eigenvalue weighted by molar-refractivity contribution is 0.0415. The van der Waals surface area contributed by atoms with Crippen molar-refractivity contribution in [3.63, 3.8) is 0 Å². The molecule has 68 valence electrons. The molecule has 0 amide bonds. The summed E-state index contributed by atoms with van der Waals surface area (Å²) in [6.07, 6.45) is 0.587. The molecule has 0 aliphatic rings. The van der Waals surface area contributed by atoms with Gasteiger partial charge in [-0.05, 0) is 22.4 Å². The molecule has 3 N–H and O–H groups in total. The minimum Gasteiger partial charge on any atom is -0.381 e. The van der Waals surface area contributed by atoms with E-state index in [1.807, 2.05) is 12.3 Å². The molecule has 1 aromatic heterocycles. The van der Waals surface area contributed by atoms with Crippen LogP contribution in [-0.4, -0.2) is 16.6 Å². The number of rotatable bonds is 3. The predicted octanol–water partition coefficient (Wildman–Crippen LogP) is 1.46. The molecule has 0 saturated carbocycles. The van der Waals surface area contributed by atoms with Gasteiger partial charge in [-0.3, -0.25) is 0 Å². The maximum Gasteiger partial charge on any atom is 0.128 e. The molecule has 0 aliphatic carbocycles. The molecule has 0 spiro atoms. The van der Waals surface area contributed by atoms with Crippen molar-refractivity contribution < 1.29 is 5.11 Å². The van der Waals surface area contributed by atoms with E-state index in [-0.39, 0.29) is 6.54 Å². The van der Waals surface area contributed by atoms with E-state index in [9.17, 15) is 5.11 Å². The van der Waals surface area contributed by atoms with Crippen molar-refractivity contribution in [2.24, 2.45) is 5.73 Å². The first kappa shape index (κ1) is 10.1. The summed E-state index contributed by atoms with van der Waals surface area (Å²) in [5.41, 5.74) is 4.51. The largest absolute Gasteiger partial charge is 0.381 e. The average Bonchev–Trinajstić information content (AvgIpc) is 2.51. The molecule has 1 unspecified atom stereocenters.